The van der Waals surface area contributed by atoms with Crippen molar-refractivity contribution in [3.05, 3.63) is 45.7 Å². The van der Waals surface area contributed by atoms with Crippen molar-refractivity contribution < 1.29 is 9.52 Å². The second kappa shape index (κ2) is 6.58. The van der Waals surface area contributed by atoms with Crippen LogP contribution in [0.4, 0.5) is 5.69 Å². The van der Waals surface area contributed by atoms with E-state index in [1.807, 2.05) is 11.8 Å². The molecule has 0 unspecified atom stereocenters. The van der Waals surface area contributed by atoms with Gasteiger partial charge in [0.25, 0.3) is 0 Å². The molecule has 0 aromatic carbocycles. The Morgan fingerprint density at radius 1 is 1.38 bits per heavy atom. The summed E-state index contributed by atoms with van der Waals surface area (Å²) in [4.78, 5) is 14.2. The molecule has 1 aliphatic rings. The molecule has 1 heterocycles. The topological polar surface area (TPSA) is 53.7 Å². The number of allylic oxidation sites excluding steroid dienone is 2. The van der Waals surface area contributed by atoms with Crippen LogP contribution in [0, 0.1) is 6.92 Å². The number of fused-ring (bicyclic) bond motifs is 1. The number of nitrogens with zero attached hydrogens (tertiary/aromatic N) is 1. The highest BCUT2D eigenvalue weighted by Gasteiger charge is 2.25. The monoisotopic (exact) mass is 329 g/mol. The van der Waals surface area contributed by atoms with E-state index < -0.39 is 5.63 Å². The van der Waals surface area contributed by atoms with E-state index in [-0.39, 0.29) is 5.76 Å². The first kappa shape index (κ1) is 16.0. The first-order valence-electron chi connectivity index (χ1n) is 6.63. The number of rotatable bonds is 5. The molecule has 0 radical (unpaired) electrons. The van der Waals surface area contributed by atoms with Gasteiger partial charge in [0.2, 0.25) is 0 Å². The third-order valence-corrected chi connectivity index (χ3v) is 3.92. The first-order chi connectivity index (χ1) is 10.0. The van der Waals surface area contributed by atoms with Crippen LogP contribution in [0.25, 0.3) is 5.57 Å². The summed E-state index contributed by atoms with van der Waals surface area (Å²) in [5, 5.41) is 9.71. The summed E-state index contributed by atoms with van der Waals surface area (Å²) in [7, 11) is 0. The van der Waals surface area contributed by atoms with Crippen molar-refractivity contribution >= 4 is 34.5 Å². The van der Waals surface area contributed by atoms with Crippen molar-refractivity contribution in [3.63, 3.8) is 0 Å². The second-order valence-electron chi connectivity index (χ2n) is 4.81. The molecule has 1 aliphatic carbocycles. The molecule has 4 nitrogen and oxygen atoms in total. The maximum atomic E-state index is 12.3. The molecule has 0 fully saturated rings. The molecule has 0 saturated carbocycles. The van der Waals surface area contributed by atoms with Gasteiger partial charge in [0.15, 0.2) is 0 Å². The molecule has 0 saturated heterocycles. The van der Waals surface area contributed by atoms with Crippen LogP contribution < -0.4 is 10.5 Å². The van der Waals surface area contributed by atoms with E-state index in [1.165, 1.54) is 0 Å². The van der Waals surface area contributed by atoms with Crippen molar-refractivity contribution in [1.29, 1.82) is 0 Å². The Balaban J connectivity index is 2.57. The van der Waals surface area contributed by atoms with Crippen molar-refractivity contribution in [3.8, 4) is 0 Å². The van der Waals surface area contributed by atoms with Gasteiger partial charge in [0, 0.05) is 30.4 Å². The first-order valence-corrected chi connectivity index (χ1v) is 7.70. The SMILES string of the molecule is C=C1C(O)=CCc2c1oc(=O)c(N(CCCl)CCCl)c2C. The second-order valence-corrected chi connectivity index (χ2v) is 5.56. The molecule has 0 amide bonds. The predicted octanol–water partition coefficient (Wildman–Crippen LogP) is 3.24. The minimum atomic E-state index is -0.461. The molecule has 0 spiro atoms. The normalized spacial score (nSPS) is 13.9. The van der Waals surface area contributed by atoms with Gasteiger partial charge >= 0.3 is 5.63 Å². The van der Waals surface area contributed by atoms with E-state index >= 15 is 0 Å². The van der Waals surface area contributed by atoms with Crippen LogP contribution >= 0.6 is 23.2 Å². The van der Waals surface area contributed by atoms with Crippen LogP contribution in [0.15, 0.2) is 27.6 Å². The fraction of sp³-hybridized carbons (Fsp3) is 0.400. The predicted molar refractivity (Wildman–Crippen MR) is 86.8 cm³/mol. The largest absolute Gasteiger partial charge is 0.508 e. The lowest BCUT2D eigenvalue weighted by molar-refractivity contribution is 0.420. The number of hydrogen-bond donors (Lipinski definition) is 1. The van der Waals surface area contributed by atoms with Gasteiger partial charge in [-0.25, -0.2) is 4.79 Å². The molecule has 0 aliphatic heterocycles. The Bertz CT molecular complexity index is 643. The third-order valence-electron chi connectivity index (χ3n) is 3.58. The molecular weight excluding hydrogens is 313 g/mol. The standard InChI is InChI=1S/C15H17Cl2NO3/c1-9-11-3-4-12(19)10(2)14(11)21-15(20)13(9)18(7-5-16)8-6-17/h4,19H,2-3,5-8H2,1H3. The molecule has 1 N–H and O–H groups in total. The molecule has 0 bridgehead atoms. The van der Waals surface area contributed by atoms with E-state index in [4.69, 9.17) is 27.6 Å². The number of hydrogen-bond acceptors (Lipinski definition) is 4. The minimum Gasteiger partial charge on any atom is -0.508 e. The highest BCUT2D eigenvalue weighted by molar-refractivity contribution is 6.18. The maximum absolute atomic E-state index is 12.3. The Kier molecular flexibility index (Phi) is 5.01. The minimum absolute atomic E-state index is 0.0520. The highest BCUT2D eigenvalue weighted by Crippen LogP contribution is 2.33. The summed E-state index contributed by atoms with van der Waals surface area (Å²) in [6.45, 7) is 6.65. The molecular formula is C15H17Cl2NO3. The average Bonchev–Trinajstić information content (AvgIpc) is 2.44. The third kappa shape index (κ3) is 2.97. The van der Waals surface area contributed by atoms with Crippen LogP contribution in [-0.2, 0) is 6.42 Å². The lowest BCUT2D eigenvalue weighted by Crippen LogP contribution is -2.33. The van der Waals surface area contributed by atoms with Gasteiger partial charge in [-0.1, -0.05) is 6.58 Å². The zero-order valence-electron chi connectivity index (χ0n) is 11.8. The Labute approximate surface area is 133 Å². The molecule has 6 heteroatoms. The molecule has 2 rings (SSSR count). The Hall–Kier alpha value is -1.39. The molecule has 21 heavy (non-hydrogen) atoms. The van der Waals surface area contributed by atoms with E-state index in [0.29, 0.717) is 48.3 Å². The molecule has 1 aromatic rings. The smallest absolute Gasteiger partial charge is 0.360 e. The van der Waals surface area contributed by atoms with Gasteiger partial charge in [-0.3, -0.25) is 0 Å². The van der Waals surface area contributed by atoms with Crippen molar-refractivity contribution in [2.75, 3.05) is 29.7 Å². The van der Waals surface area contributed by atoms with Crippen molar-refractivity contribution in [2.45, 2.75) is 13.3 Å². The van der Waals surface area contributed by atoms with Crippen LogP contribution in [0.1, 0.15) is 16.9 Å². The quantitative estimate of drug-likeness (QED) is 0.842. The number of aliphatic hydroxyl groups is 1. The Morgan fingerprint density at radius 2 is 2.00 bits per heavy atom. The zero-order chi connectivity index (χ0) is 15.6. The van der Waals surface area contributed by atoms with Gasteiger partial charge in [-0.05, 0) is 25.0 Å². The summed E-state index contributed by atoms with van der Waals surface area (Å²) in [6, 6.07) is 0. The van der Waals surface area contributed by atoms with E-state index in [9.17, 15) is 9.90 Å². The lowest BCUT2D eigenvalue weighted by Gasteiger charge is -2.26. The summed E-state index contributed by atoms with van der Waals surface area (Å²) in [5.74, 6) is 1.19. The van der Waals surface area contributed by atoms with Gasteiger partial charge in [0.1, 0.15) is 17.2 Å². The summed E-state index contributed by atoms with van der Waals surface area (Å²) in [5.41, 5.74) is 2.04. The molecule has 0 atom stereocenters. The van der Waals surface area contributed by atoms with Crippen LogP contribution in [0.3, 0.4) is 0 Å². The van der Waals surface area contributed by atoms with E-state index in [2.05, 4.69) is 6.58 Å². The fourth-order valence-corrected chi connectivity index (χ4v) is 2.91. The van der Waals surface area contributed by atoms with Gasteiger partial charge in [-0.2, -0.15) is 0 Å². The number of aliphatic hydroxyl groups excluding tert-OH is 1. The number of anilines is 1. The number of alkyl halides is 2. The molecule has 114 valence electrons. The summed E-state index contributed by atoms with van der Waals surface area (Å²) in [6.07, 6.45) is 2.16. The van der Waals surface area contributed by atoms with Gasteiger partial charge in [-0.15, -0.1) is 23.2 Å². The van der Waals surface area contributed by atoms with Crippen LogP contribution in [0.5, 0.6) is 0 Å². The van der Waals surface area contributed by atoms with Crippen molar-refractivity contribution in [1.82, 2.24) is 0 Å². The van der Waals surface area contributed by atoms with Crippen LogP contribution in [0.2, 0.25) is 0 Å². The molecule has 1 aromatic heterocycles. The zero-order valence-corrected chi connectivity index (χ0v) is 13.3. The summed E-state index contributed by atoms with van der Waals surface area (Å²) >= 11 is 11.6. The lowest BCUT2D eigenvalue weighted by atomic mass is 9.94. The van der Waals surface area contributed by atoms with E-state index in [0.717, 1.165) is 11.1 Å². The van der Waals surface area contributed by atoms with Crippen molar-refractivity contribution in [2.24, 2.45) is 0 Å². The van der Waals surface area contributed by atoms with E-state index in [1.54, 1.807) is 6.08 Å². The maximum Gasteiger partial charge on any atom is 0.360 e. The van der Waals surface area contributed by atoms with Crippen LogP contribution in [-0.4, -0.2) is 30.0 Å². The van der Waals surface area contributed by atoms with Gasteiger partial charge < -0.3 is 14.4 Å². The highest BCUT2D eigenvalue weighted by atomic mass is 35.5. The van der Waals surface area contributed by atoms with Gasteiger partial charge in [0.05, 0.1) is 5.57 Å². The number of halogens is 2. The Morgan fingerprint density at radius 3 is 2.57 bits per heavy atom. The average molecular weight is 330 g/mol. The fourth-order valence-electron chi connectivity index (χ4n) is 2.50. The summed E-state index contributed by atoms with van der Waals surface area (Å²) < 4.78 is 5.38.